The van der Waals surface area contributed by atoms with E-state index in [1.165, 1.54) is 5.56 Å². The first-order valence-electron chi connectivity index (χ1n) is 5.90. The van der Waals surface area contributed by atoms with Crippen LogP contribution in [-0.4, -0.2) is 30.5 Å². The summed E-state index contributed by atoms with van der Waals surface area (Å²) in [6.07, 6.45) is 1.47. The van der Waals surface area contributed by atoms with E-state index in [0.717, 1.165) is 17.4 Å². The SMILES string of the molecule is FC1(F)CCCN(CCc2cccc(Br)c2)C1. The van der Waals surface area contributed by atoms with Gasteiger partial charge in [0.05, 0.1) is 6.54 Å². The Kier molecular flexibility index (Phi) is 4.15. The lowest BCUT2D eigenvalue weighted by Crippen LogP contribution is -2.43. The molecule has 17 heavy (non-hydrogen) atoms. The quantitative estimate of drug-likeness (QED) is 0.822. The van der Waals surface area contributed by atoms with Crippen LogP contribution in [0.1, 0.15) is 18.4 Å². The second kappa shape index (κ2) is 5.44. The molecule has 2 rings (SSSR count). The summed E-state index contributed by atoms with van der Waals surface area (Å²) in [6.45, 7) is 1.43. The predicted molar refractivity (Wildman–Crippen MR) is 68.5 cm³/mol. The van der Waals surface area contributed by atoms with Gasteiger partial charge in [-0.3, -0.25) is 4.90 Å². The molecule has 94 valence electrons. The summed E-state index contributed by atoms with van der Waals surface area (Å²) < 4.78 is 27.4. The third kappa shape index (κ3) is 4.03. The maximum Gasteiger partial charge on any atom is 0.260 e. The molecule has 0 atom stereocenters. The minimum Gasteiger partial charge on any atom is -0.297 e. The first-order valence-corrected chi connectivity index (χ1v) is 6.69. The van der Waals surface area contributed by atoms with E-state index in [4.69, 9.17) is 0 Å². The molecule has 1 aliphatic heterocycles. The molecule has 0 radical (unpaired) electrons. The normalized spacial score (nSPS) is 20.4. The fourth-order valence-corrected chi connectivity index (χ4v) is 2.66. The van der Waals surface area contributed by atoms with Crippen molar-refractivity contribution in [2.24, 2.45) is 0 Å². The van der Waals surface area contributed by atoms with Crippen molar-refractivity contribution < 1.29 is 8.78 Å². The third-order valence-electron chi connectivity index (χ3n) is 3.08. The van der Waals surface area contributed by atoms with Gasteiger partial charge in [-0.05, 0) is 37.1 Å². The molecule has 1 aromatic carbocycles. The van der Waals surface area contributed by atoms with Crippen molar-refractivity contribution in [2.45, 2.75) is 25.2 Å². The number of rotatable bonds is 3. The van der Waals surface area contributed by atoms with Crippen LogP contribution >= 0.6 is 15.9 Å². The average Bonchev–Trinajstić information content (AvgIpc) is 2.25. The summed E-state index contributed by atoms with van der Waals surface area (Å²) >= 11 is 3.41. The average molecular weight is 304 g/mol. The Morgan fingerprint density at radius 3 is 2.88 bits per heavy atom. The van der Waals surface area contributed by atoms with Gasteiger partial charge in [-0.2, -0.15) is 0 Å². The first kappa shape index (κ1) is 13.0. The highest BCUT2D eigenvalue weighted by Crippen LogP contribution is 2.26. The molecule has 0 N–H and O–H groups in total. The first-order chi connectivity index (χ1) is 8.05. The van der Waals surface area contributed by atoms with Crippen LogP contribution in [0.3, 0.4) is 0 Å². The summed E-state index contributed by atoms with van der Waals surface area (Å²) in [5.41, 5.74) is 1.19. The van der Waals surface area contributed by atoms with E-state index < -0.39 is 5.92 Å². The van der Waals surface area contributed by atoms with Crippen molar-refractivity contribution in [1.82, 2.24) is 4.90 Å². The van der Waals surface area contributed by atoms with Crippen LogP contribution in [0.4, 0.5) is 8.78 Å². The van der Waals surface area contributed by atoms with Gasteiger partial charge in [-0.15, -0.1) is 0 Å². The molecular weight excluding hydrogens is 288 g/mol. The fraction of sp³-hybridized carbons (Fsp3) is 0.538. The number of piperidine rings is 1. The number of nitrogens with zero attached hydrogens (tertiary/aromatic N) is 1. The summed E-state index contributed by atoms with van der Waals surface area (Å²) in [7, 11) is 0. The number of hydrogen-bond acceptors (Lipinski definition) is 1. The van der Waals surface area contributed by atoms with E-state index in [0.29, 0.717) is 13.0 Å². The van der Waals surface area contributed by atoms with Gasteiger partial charge >= 0.3 is 0 Å². The molecule has 1 heterocycles. The summed E-state index contributed by atoms with van der Waals surface area (Å²) in [5, 5.41) is 0. The standard InChI is InChI=1S/C13H16BrF2N/c14-12-4-1-3-11(9-12)5-8-17-7-2-6-13(15,16)10-17/h1,3-4,9H,2,5-8,10H2. The molecule has 1 nitrogen and oxygen atoms in total. The maximum absolute atomic E-state index is 13.2. The molecule has 0 spiro atoms. The van der Waals surface area contributed by atoms with Crippen LogP contribution in [0, 0.1) is 0 Å². The van der Waals surface area contributed by atoms with Gasteiger partial charge in [-0.25, -0.2) is 8.78 Å². The van der Waals surface area contributed by atoms with Crippen LogP contribution in [0.5, 0.6) is 0 Å². The van der Waals surface area contributed by atoms with E-state index in [9.17, 15) is 8.78 Å². The molecule has 4 heteroatoms. The predicted octanol–water partition coefficient (Wildman–Crippen LogP) is 3.72. The Labute approximate surface area is 109 Å². The van der Waals surface area contributed by atoms with Crippen molar-refractivity contribution in [3.8, 4) is 0 Å². The van der Waals surface area contributed by atoms with Crippen molar-refractivity contribution >= 4 is 15.9 Å². The molecule has 1 aliphatic rings. The third-order valence-corrected chi connectivity index (χ3v) is 3.57. The Bertz CT molecular complexity index is 381. The molecule has 0 aliphatic carbocycles. The number of hydrogen-bond donors (Lipinski definition) is 0. The molecule has 1 saturated heterocycles. The molecule has 0 unspecified atom stereocenters. The zero-order valence-electron chi connectivity index (χ0n) is 9.63. The Morgan fingerprint density at radius 2 is 2.18 bits per heavy atom. The monoisotopic (exact) mass is 303 g/mol. The fourth-order valence-electron chi connectivity index (χ4n) is 2.22. The molecule has 0 aromatic heterocycles. The van der Waals surface area contributed by atoms with Crippen molar-refractivity contribution in [2.75, 3.05) is 19.6 Å². The summed E-state index contributed by atoms with van der Waals surface area (Å²) in [4.78, 5) is 1.87. The maximum atomic E-state index is 13.2. The van der Waals surface area contributed by atoms with E-state index >= 15 is 0 Å². The zero-order valence-corrected chi connectivity index (χ0v) is 11.2. The van der Waals surface area contributed by atoms with E-state index in [1.807, 2.05) is 29.2 Å². The van der Waals surface area contributed by atoms with Crippen LogP contribution in [0.25, 0.3) is 0 Å². The minimum absolute atomic E-state index is 0.0420. The topological polar surface area (TPSA) is 3.24 Å². The Balaban J connectivity index is 1.86. The van der Waals surface area contributed by atoms with Gasteiger partial charge in [0.25, 0.3) is 5.92 Å². The second-order valence-corrected chi connectivity index (χ2v) is 5.53. The number of halogens is 3. The van der Waals surface area contributed by atoms with Crippen LogP contribution < -0.4 is 0 Å². The largest absolute Gasteiger partial charge is 0.297 e. The second-order valence-electron chi connectivity index (χ2n) is 4.62. The Morgan fingerprint density at radius 1 is 1.35 bits per heavy atom. The van der Waals surface area contributed by atoms with Crippen LogP contribution in [0.2, 0.25) is 0 Å². The summed E-state index contributed by atoms with van der Waals surface area (Å²) in [6, 6.07) is 8.03. The molecule has 1 aromatic rings. The highest BCUT2D eigenvalue weighted by atomic mass is 79.9. The van der Waals surface area contributed by atoms with Gasteiger partial charge in [0, 0.05) is 17.4 Å². The van der Waals surface area contributed by atoms with E-state index in [-0.39, 0.29) is 13.0 Å². The van der Waals surface area contributed by atoms with E-state index in [2.05, 4.69) is 15.9 Å². The number of likely N-dealkylation sites (tertiary alicyclic amines) is 1. The van der Waals surface area contributed by atoms with Crippen LogP contribution in [0.15, 0.2) is 28.7 Å². The number of alkyl halides is 2. The number of benzene rings is 1. The van der Waals surface area contributed by atoms with Crippen molar-refractivity contribution in [3.63, 3.8) is 0 Å². The van der Waals surface area contributed by atoms with Gasteiger partial charge in [0.2, 0.25) is 0 Å². The molecular formula is C13H16BrF2N. The summed E-state index contributed by atoms with van der Waals surface area (Å²) in [5.74, 6) is -2.49. The van der Waals surface area contributed by atoms with Gasteiger partial charge < -0.3 is 0 Å². The molecule has 0 amide bonds. The lowest BCUT2D eigenvalue weighted by molar-refractivity contribution is -0.0635. The molecule has 0 bridgehead atoms. The van der Waals surface area contributed by atoms with Gasteiger partial charge in [0.1, 0.15) is 0 Å². The van der Waals surface area contributed by atoms with Gasteiger partial charge in [-0.1, -0.05) is 28.1 Å². The lowest BCUT2D eigenvalue weighted by atomic mass is 10.1. The zero-order chi connectivity index (χ0) is 12.3. The van der Waals surface area contributed by atoms with Crippen molar-refractivity contribution in [3.05, 3.63) is 34.3 Å². The van der Waals surface area contributed by atoms with E-state index in [1.54, 1.807) is 0 Å². The lowest BCUT2D eigenvalue weighted by Gasteiger charge is -2.32. The van der Waals surface area contributed by atoms with Crippen molar-refractivity contribution in [1.29, 1.82) is 0 Å². The molecule has 1 fully saturated rings. The minimum atomic E-state index is -2.49. The molecule has 0 saturated carbocycles. The highest BCUT2D eigenvalue weighted by Gasteiger charge is 2.34. The highest BCUT2D eigenvalue weighted by molar-refractivity contribution is 9.10. The van der Waals surface area contributed by atoms with Crippen LogP contribution in [-0.2, 0) is 6.42 Å². The Hall–Kier alpha value is -0.480. The van der Waals surface area contributed by atoms with Gasteiger partial charge in [0.15, 0.2) is 0 Å². The smallest absolute Gasteiger partial charge is 0.260 e.